The van der Waals surface area contributed by atoms with Crippen molar-refractivity contribution in [2.24, 2.45) is 0 Å². The van der Waals surface area contributed by atoms with Crippen LogP contribution in [0, 0.1) is 6.92 Å². The molecule has 1 aromatic carbocycles. The van der Waals surface area contributed by atoms with Gasteiger partial charge in [-0.05, 0) is 31.0 Å². The van der Waals surface area contributed by atoms with Gasteiger partial charge < -0.3 is 19.3 Å². The number of carbonyl (C=O) groups is 2. The third kappa shape index (κ3) is 4.18. The summed E-state index contributed by atoms with van der Waals surface area (Å²) in [5.74, 6) is 0.0372. The zero-order valence-corrected chi connectivity index (χ0v) is 16.6. The van der Waals surface area contributed by atoms with E-state index in [-0.39, 0.29) is 11.9 Å². The average Bonchev–Trinajstić information content (AvgIpc) is 3.07. The van der Waals surface area contributed by atoms with E-state index in [4.69, 9.17) is 9.47 Å². The molecule has 0 spiro atoms. The Hall–Kier alpha value is -2.08. The van der Waals surface area contributed by atoms with Gasteiger partial charge in [-0.25, -0.2) is 4.79 Å². The Morgan fingerprint density at radius 1 is 1.23 bits per heavy atom. The standard InChI is InChI=1S/C20H30N2O4/c1-6-9-17(22(3)10-7-8-11-22)19(23)21-18-14(2)12-15(25-4)13-16(18)20(24)26-5/h12-13,17H,6-11H2,1-5H3/p+1. The Morgan fingerprint density at radius 3 is 2.42 bits per heavy atom. The number of amides is 1. The lowest BCUT2D eigenvalue weighted by Gasteiger charge is -2.37. The first kappa shape index (κ1) is 20.2. The van der Waals surface area contributed by atoms with Gasteiger partial charge in [0.1, 0.15) is 5.75 Å². The average molecular weight is 363 g/mol. The molecule has 1 unspecified atom stereocenters. The number of likely N-dealkylation sites (N-methyl/N-ethyl adjacent to an activating group) is 1. The number of anilines is 1. The van der Waals surface area contributed by atoms with E-state index in [0.717, 1.165) is 48.8 Å². The van der Waals surface area contributed by atoms with E-state index in [9.17, 15) is 9.59 Å². The second-order valence-electron chi connectivity index (χ2n) is 7.29. The van der Waals surface area contributed by atoms with Crippen LogP contribution in [0.3, 0.4) is 0 Å². The molecule has 1 aliphatic heterocycles. The van der Waals surface area contributed by atoms with Gasteiger partial charge in [0.2, 0.25) is 0 Å². The molecule has 1 atom stereocenters. The van der Waals surface area contributed by atoms with Crippen molar-refractivity contribution in [2.45, 2.75) is 45.6 Å². The van der Waals surface area contributed by atoms with Crippen LogP contribution in [0.15, 0.2) is 12.1 Å². The van der Waals surface area contributed by atoms with Gasteiger partial charge in [-0.15, -0.1) is 0 Å². The number of aryl methyl sites for hydroxylation is 1. The molecule has 26 heavy (non-hydrogen) atoms. The Kier molecular flexibility index (Phi) is 6.64. The van der Waals surface area contributed by atoms with E-state index in [1.807, 2.05) is 13.0 Å². The molecule has 0 aliphatic carbocycles. The van der Waals surface area contributed by atoms with Crippen LogP contribution in [0.4, 0.5) is 5.69 Å². The van der Waals surface area contributed by atoms with Crippen LogP contribution in [0.25, 0.3) is 0 Å². The summed E-state index contributed by atoms with van der Waals surface area (Å²) in [6, 6.07) is 3.30. The fourth-order valence-corrected chi connectivity index (χ4v) is 3.88. The van der Waals surface area contributed by atoms with Gasteiger partial charge in [0.25, 0.3) is 5.91 Å². The normalized spacial score (nSPS) is 16.8. The molecule has 1 aliphatic rings. The van der Waals surface area contributed by atoms with Crippen molar-refractivity contribution < 1.29 is 23.5 Å². The number of rotatable bonds is 7. The number of quaternary nitrogens is 1. The number of methoxy groups -OCH3 is 2. The number of nitrogens with one attached hydrogen (secondary N) is 1. The van der Waals surface area contributed by atoms with Crippen LogP contribution in [0.1, 0.15) is 48.5 Å². The van der Waals surface area contributed by atoms with E-state index in [0.29, 0.717) is 17.0 Å². The van der Waals surface area contributed by atoms with Gasteiger partial charge in [-0.2, -0.15) is 0 Å². The molecule has 0 bridgehead atoms. The molecule has 1 fully saturated rings. The Labute approximate surface area is 156 Å². The summed E-state index contributed by atoms with van der Waals surface area (Å²) in [5, 5.41) is 3.02. The van der Waals surface area contributed by atoms with E-state index >= 15 is 0 Å². The van der Waals surface area contributed by atoms with Gasteiger partial charge in [0.05, 0.1) is 45.6 Å². The number of likely N-dealkylation sites (tertiary alicyclic amines) is 1. The van der Waals surface area contributed by atoms with Crippen molar-refractivity contribution in [3.8, 4) is 5.75 Å². The van der Waals surface area contributed by atoms with Crippen LogP contribution in [0.2, 0.25) is 0 Å². The molecule has 1 heterocycles. The van der Waals surface area contributed by atoms with Gasteiger partial charge in [0.15, 0.2) is 6.04 Å². The largest absolute Gasteiger partial charge is 0.497 e. The molecular weight excluding hydrogens is 332 g/mol. The number of hydrogen-bond donors (Lipinski definition) is 1. The van der Waals surface area contributed by atoms with Crippen LogP contribution in [-0.2, 0) is 9.53 Å². The highest BCUT2D eigenvalue weighted by Gasteiger charge is 2.40. The second kappa shape index (κ2) is 8.54. The quantitative estimate of drug-likeness (QED) is 0.597. The van der Waals surface area contributed by atoms with Crippen molar-refractivity contribution in [1.82, 2.24) is 0 Å². The van der Waals surface area contributed by atoms with Crippen molar-refractivity contribution in [1.29, 1.82) is 0 Å². The van der Waals surface area contributed by atoms with Crippen LogP contribution >= 0.6 is 0 Å². The van der Waals surface area contributed by atoms with Crippen molar-refractivity contribution in [3.63, 3.8) is 0 Å². The number of nitrogens with zero attached hydrogens (tertiary/aromatic N) is 1. The molecule has 6 heteroatoms. The second-order valence-corrected chi connectivity index (χ2v) is 7.29. The highest BCUT2D eigenvalue weighted by Crippen LogP contribution is 2.30. The van der Waals surface area contributed by atoms with Crippen LogP contribution in [0.5, 0.6) is 5.75 Å². The number of benzene rings is 1. The van der Waals surface area contributed by atoms with Crippen LogP contribution < -0.4 is 10.1 Å². The number of esters is 1. The van der Waals surface area contributed by atoms with E-state index in [1.54, 1.807) is 13.2 Å². The third-order valence-corrected chi connectivity index (χ3v) is 5.40. The van der Waals surface area contributed by atoms with Crippen LogP contribution in [-0.4, -0.2) is 56.8 Å². The molecule has 2 rings (SSSR count). The minimum atomic E-state index is -0.490. The monoisotopic (exact) mass is 363 g/mol. The van der Waals surface area contributed by atoms with Gasteiger partial charge in [-0.3, -0.25) is 4.79 Å². The molecule has 1 saturated heterocycles. The van der Waals surface area contributed by atoms with E-state index in [1.165, 1.54) is 7.11 Å². The first-order chi connectivity index (χ1) is 12.4. The number of carbonyl (C=O) groups excluding carboxylic acids is 2. The smallest absolute Gasteiger partial charge is 0.340 e. The van der Waals surface area contributed by atoms with E-state index in [2.05, 4.69) is 19.3 Å². The molecule has 0 saturated carbocycles. The lowest BCUT2D eigenvalue weighted by molar-refractivity contribution is -0.913. The molecule has 1 aromatic rings. The number of hydrogen-bond acceptors (Lipinski definition) is 4. The summed E-state index contributed by atoms with van der Waals surface area (Å²) < 4.78 is 10.9. The fraction of sp³-hybridized carbons (Fsp3) is 0.600. The first-order valence-electron chi connectivity index (χ1n) is 9.28. The topological polar surface area (TPSA) is 64.6 Å². The predicted octanol–water partition coefficient (Wildman–Crippen LogP) is 3.14. The molecule has 1 N–H and O–H groups in total. The first-order valence-corrected chi connectivity index (χ1v) is 9.28. The van der Waals surface area contributed by atoms with Crippen molar-refractivity contribution >= 4 is 17.6 Å². The van der Waals surface area contributed by atoms with Gasteiger partial charge in [0, 0.05) is 19.3 Å². The Morgan fingerprint density at radius 2 is 1.88 bits per heavy atom. The fourth-order valence-electron chi connectivity index (χ4n) is 3.88. The molecule has 0 radical (unpaired) electrons. The maximum Gasteiger partial charge on any atom is 0.340 e. The van der Waals surface area contributed by atoms with E-state index < -0.39 is 5.97 Å². The Balaban J connectivity index is 2.35. The molecular formula is C20H31N2O4+. The summed E-state index contributed by atoms with van der Waals surface area (Å²) in [5.41, 5.74) is 1.60. The summed E-state index contributed by atoms with van der Waals surface area (Å²) in [6.45, 7) is 5.99. The third-order valence-electron chi connectivity index (χ3n) is 5.40. The van der Waals surface area contributed by atoms with Gasteiger partial charge in [-0.1, -0.05) is 6.92 Å². The van der Waals surface area contributed by atoms with Crippen molar-refractivity contribution in [3.05, 3.63) is 23.3 Å². The maximum atomic E-state index is 13.2. The lowest BCUT2D eigenvalue weighted by Crippen LogP contribution is -2.55. The minimum Gasteiger partial charge on any atom is -0.497 e. The minimum absolute atomic E-state index is 0.0327. The summed E-state index contributed by atoms with van der Waals surface area (Å²) >= 11 is 0. The highest BCUT2D eigenvalue weighted by atomic mass is 16.5. The highest BCUT2D eigenvalue weighted by molar-refractivity contribution is 6.03. The zero-order chi connectivity index (χ0) is 19.3. The van der Waals surface area contributed by atoms with Crippen molar-refractivity contribution in [2.75, 3.05) is 39.7 Å². The van der Waals surface area contributed by atoms with Gasteiger partial charge >= 0.3 is 5.97 Å². The zero-order valence-electron chi connectivity index (χ0n) is 16.6. The molecule has 0 aromatic heterocycles. The lowest BCUT2D eigenvalue weighted by atomic mass is 10.0. The molecule has 144 valence electrons. The molecule has 6 nitrogen and oxygen atoms in total. The number of ether oxygens (including phenoxy) is 2. The Bertz CT molecular complexity index is 666. The predicted molar refractivity (Wildman–Crippen MR) is 102 cm³/mol. The molecule has 1 amide bonds. The maximum absolute atomic E-state index is 13.2. The SMILES string of the molecule is CCCC(C(=O)Nc1c(C)cc(OC)cc1C(=O)OC)[N+]1(C)CCCC1. The summed E-state index contributed by atoms with van der Waals surface area (Å²) in [7, 11) is 5.04. The summed E-state index contributed by atoms with van der Waals surface area (Å²) in [4.78, 5) is 25.4. The summed E-state index contributed by atoms with van der Waals surface area (Å²) in [6.07, 6.45) is 4.07.